The van der Waals surface area contributed by atoms with Crippen molar-refractivity contribution in [2.24, 2.45) is 5.92 Å². The van der Waals surface area contributed by atoms with E-state index in [1.54, 1.807) is 32.9 Å². The number of carbonyl (C=O) groups is 2. The number of carboxylic acids is 1. The lowest BCUT2D eigenvalue weighted by molar-refractivity contribution is -0.118. The van der Waals surface area contributed by atoms with E-state index in [1.165, 1.54) is 24.3 Å². The van der Waals surface area contributed by atoms with Crippen molar-refractivity contribution in [3.05, 3.63) is 48.0 Å². The van der Waals surface area contributed by atoms with Gasteiger partial charge in [-0.3, -0.25) is 9.52 Å². The van der Waals surface area contributed by atoms with Crippen LogP contribution in [0.15, 0.2) is 47.4 Å². The molecule has 0 aliphatic rings. The predicted octanol–water partition coefficient (Wildman–Crippen LogP) is 3.18. The molecule has 0 bridgehead atoms. The highest BCUT2D eigenvalue weighted by molar-refractivity contribution is 7.92. The zero-order valence-electron chi connectivity index (χ0n) is 15.7. The van der Waals surface area contributed by atoms with Crippen LogP contribution in [0.3, 0.4) is 0 Å². The molecule has 0 atom stereocenters. The maximum atomic E-state index is 12.6. The molecule has 0 unspecified atom stereocenters. The predicted molar refractivity (Wildman–Crippen MR) is 105 cm³/mol. The Kier molecular flexibility index (Phi) is 6.63. The molecular weight excluding hydrogens is 384 g/mol. The minimum Gasteiger partial charge on any atom is -0.493 e. The Balaban J connectivity index is 2.22. The second-order valence-corrected chi connectivity index (χ2v) is 7.91. The maximum absolute atomic E-state index is 12.6. The van der Waals surface area contributed by atoms with E-state index in [0.717, 1.165) is 6.07 Å². The van der Waals surface area contributed by atoms with Crippen molar-refractivity contribution in [2.45, 2.75) is 25.7 Å². The number of sulfonamides is 1. The molecule has 0 saturated heterocycles. The quantitative estimate of drug-likeness (QED) is 0.619. The molecule has 2 rings (SSSR count). The number of rotatable bonds is 8. The van der Waals surface area contributed by atoms with E-state index >= 15 is 0 Å². The van der Waals surface area contributed by atoms with E-state index in [-0.39, 0.29) is 40.3 Å². The van der Waals surface area contributed by atoms with Crippen LogP contribution in [-0.2, 0) is 14.8 Å². The molecule has 0 aliphatic carbocycles. The van der Waals surface area contributed by atoms with Gasteiger partial charge in [-0.15, -0.1) is 0 Å². The van der Waals surface area contributed by atoms with Crippen LogP contribution < -0.4 is 14.8 Å². The lowest BCUT2D eigenvalue weighted by Gasteiger charge is -2.12. The third-order valence-electron chi connectivity index (χ3n) is 3.72. The molecule has 0 radical (unpaired) electrons. The van der Waals surface area contributed by atoms with Crippen molar-refractivity contribution >= 4 is 33.3 Å². The molecule has 2 aromatic carbocycles. The summed E-state index contributed by atoms with van der Waals surface area (Å²) in [6.45, 7) is 5.48. The van der Waals surface area contributed by atoms with Gasteiger partial charge in [0.15, 0.2) is 0 Å². The Morgan fingerprint density at radius 3 is 2.21 bits per heavy atom. The van der Waals surface area contributed by atoms with Gasteiger partial charge in [0.25, 0.3) is 10.0 Å². The maximum Gasteiger partial charge on any atom is 0.339 e. The number of carboxylic acid groups (broad SMARTS) is 1. The van der Waals surface area contributed by atoms with Gasteiger partial charge in [0.2, 0.25) is 5.91 Å². The summed E-state index contributed by atoms with van der Waals surface area (Å²) in [7, 11) is -4.01. The second-order valence-electron chi connectivity index (χ2n) is 6.22. The van der Waals surface area contributed by atoms with Gasteiger partial charge >= 0.3 is 5.97 Å². The molecule has 9 heteroatoms. The van der Waals surface area contributed by atoms with Gasteiger partial charge in [-0.2, -0.15) is 0 Å². The van der Waals surface area contributed by atoms with Gasteiger partial charge in [-0.25, -0.2) is 13.2 Å². The average Bonchev–Trinajstić information content (AvgIpc) is 2.63. The molecular formula is C19H22N2O6S. The van der Waals surface area contributed by atoms with E-state index in [9.17, 15) is 23.1 Å². The summed E-state index contributed by atoms with van der Waals surface area (Å²) in [5.41, 5.74) is 0.570. The van der Waals surface area contributed by atoms with Crippen LogP contribution in [0, 0.1) is 5.92 Å². The minimum atomic E-state index is -4.01. The van der Waals surface area contributed by atoms with E-state index in [1.807, 2.05) is 0 Å². The number of aromatic carboxylic acids is 1. The summed E-state index contributed by atoms with van der Waals surface area (Å²) >= 11 is 0. The zero-order valence-corrected chi connectivity index (χ0v) is 16.5. The van der Waals surface area contributed by atoms with Crippen LogP contribution >= 0.6 is 0 Å². The highest BCUT2D eigenvalue weighted by Crippen LogP contribution is 2.25. The third-order valence-corrected chi connectivity index (χ3v) is 5.10. The van der Waals surface area contributed by atoms with Crippen molar-refractivity contribution in [1.82, 2.24) is 0 Å². The fourth-order valence-corrected chi connectivity index (χ4v) is 3.33. The molecule has 0 spiro atoms. The number of ether oxygens (including phenoxy) is 1. The molecule has 8 nitrogen and oxygen atoms in total. The van der Waals surface area contributed by atoms with E-state index in [2.05, 4.69) is 10.0 Å². The number of hydrogen-bond acceptors (Lipinski definition) is 5. The molecule has 3 N–H and O–H groups in total. The molecule has 0 saturated carbocycles. The summed E-state index contributed by atoms with van der Waals surface area (Å²) in [6.07, 6.45) is 0. The SMILES string of the molecule is CCOc1ccc(S(=O)(=O)Nc2ccc(NC(=O)C(C)C)cc2)cc1C(=O)O. The third kappa shape index (κ3) is 5.23. The van der Waals surface area contributed by atoms with Crippen LogP contribution in [0.2, 0.25) is 0 Å². The largest absolute Gasteiger partial charge is 0.493 e. The Hall–Kier alpha value is -3.07. The summed E-state index contributed by atoms with van der Waals surface area (Å²) in [5, 5.41) is 12.0. The van der Waals surface area contributed by atoms with Gasteiger partial charge in [-0.05, 0) is 49.4 Å². The van der Waals surface area contributed by atoms with Crippen LogP contribution in [-0.4, -0.2) is 32.0 Å². The Labute approximate surface area is 163 Å². The normalized spacial score (nSPS) is 11.1. The van der Waals surface area contributed by atoms with Crippen molar-refractivity contribution in [1.29, 1.82) is 0 Å². The number of anilines is 2. The summed E-state index contributed by atoms with van der Waals surface area (Å²) < 4.78 is 32.8. The fraction of sp³-hybridized carbons (Fsp3) is 0.263. The molecule has 0 fully saturated rings. The van der Waals surface area contributed by atoms with Gasteiger partial charge in [-0.1, -0.05) is 13.8 Å². The van der Waals surface area contributed by atoms with Gasteiger partial charge < -0.3 is 15.2 Å². The Bertz CT molecular complexity index is 968. The van der Waals surface area contributed by atoms with Gasteiger partial charge in [0.05, 0.1) is 11.5 Å². The van der Waals surface area contributed by atoms with Crippen LogP contribution in [0.4, 0.5) is 11.4 Å². The first-order valence-corrected chi connectivity index (χ1v) is 10.1. The van der Waals surface area contributed by atoms with Crippen molar-refractivity contribution < 1.29 is 27.9 Å². The Morgan fingerprint density at radius 1 is 1.07 bits per heavy atom. The van der Waals surface area contributed by atoms with Crippen molar-refractivity contribution in [3.8, 4) is 5.75 Å². The average molecular weight is 406 g/mol. The first kappa shape index (κ1) is 21.2. The first-order chi connectivity index (χ1) is 13.1. The van der Waals surface area contributed by atoms with Crippen LogP contribution in [0.1, 0.15) is 31.1 Å². The molecule has 150 valence electrons. The number of benzene rings is 2. The van der Waals surface area contributed by atoms with E-state index in [0.29, 0.717) is 5.69 Å². The zero-order chi connectivity index (χ0) is 20.9. The molecule has 0 heterocycles. The lowest BCUT2D eigenvalue weighted by atomic mass is 10.2. The second kappa shape index (κ2) is 8.75. The molecule has 0 aliphatic heterocycles. The Morgan fingerprint density at radius 2 is 1.68 bits per heavy atom. The van der Waals surface area contributed by atoms with E-state index in [4.69, 9.17) is 4.74 Å². The number of hydrogen-bond donors (Lipinski definition) is 3. The van der Waals surface area contributed by atoms with Gasteiger partial charge in [0.1, 0.15) is 11.3 Å². The van der Waals surface area contributed by atoms with Crippen LogP contribution in [0.25, 0.3) is 0 Å². The summed E-state index contributed by atoms with van der Waals surface area (Å²) in [6, 6.07) is 9.77. The first-order valence-electron chi connectivity index (χ1n) is 8.58. The molecule has 1 amide bonds. The summed E-state index contributed by atoms with van der Waals surface area (Å²) in [4.78, 5) is 22.9. The standard InChI is InChI=1S/C19H22N2O6S/c1-4-27-17-10-9-15(11-16(17)19(23)24)28(25,26)21-14-7-5-13(6-8-14)20-18(22)12(2)3/h5-12,21H,4H2,1-3H3,(H,20,22)(H,23,24). The minimum absolute atomic E-state index is 0.0965. The topological polar surface area (TPSA) is 122 Å². The molecule has 2 aromatic rings. The van der Waals surface area contributed by atoms with Crippen LogP contribution in [0.5, 0.6) is 5.75 Å². The van der Waals surface area contributed by atoms with Crippen molar-refractivity contribution in [2.75, 3.05) is 16.6 Å². The number of amides is 1. The van der Waals surface area contributed by atoms with Crippen molar-refractivity contribution in [3.63, 3.8) is 0 Å². The molecule has 28 heavy (non-hydrogen) atoms. The highest BCUT2D eigenvalue weighted by atomic mass is 32.2. The number of nitrogens with one attached hydrogen (secondary N) is 2. The van der Waals surface area contributed by atoms with E-state index < -0.39 is 16.0 Å². The summed E-state index contributed by atoms with van der Waals surface area (Å²) in [5.74, 6) is -1.52. The molecule has 0 aromatic heterocycles. The smallest absolute Gasteiger partial charge is 0.339 e. The lowest BCUT2D eigenvalue weighted by Crippen LogP contribution is -2.18. The fourth-order valence-electron chi connectivity index (χ4n) is 2.25. The van der Waals surface area contributed by atoms with Gasteiger partial charge in [0, 0.05) is 17.3 Å². The monoisotopic (exact) mass is 406 g/mol. The number of carbonyl (C=O) groups excluding carboxylic acids is 1. The highest BCUT2D eigenvalue weighted by Gasteiger charge is 2.20.